The number of imidazole rings is 1. The van der Waals surface area contributed by atoms with E-state index in [0.717, 1.165) is 0 Å². The molecule has 7 heteroatoms. The van der Waals surface area contributed by atoms with Crippen LogP contribution in [0.2, 0.25) is 5.15 Å². The van der Waals surface area contributed by atoms with Gasteiger partial charge in [-0.1, -0.05) is 11.6 Å². The third-order valence-electron chi connectivity index (χ3n) is 1.82. The van der Waals surface area contributed by atoms with Crippen LogP contribution < -0.4 is 0 Å². The van der Waals surface area contributed by atoms with Crippen molar-refractivity contribution in [2.45, 2.75) is 19.9 Å². The van der Waals surface area contributed by atoms with Crippen LogP contribution in [0.15, 0.2) is 6.33 Å². The number of hydrogen-bond acceptors (Lipinski definition) is 3. The largest absolute Gasteiger partial charge is 0.333 e. The Morgan fingerprint density at radius 2 is 2.29 bits per heavy atom. The van der Waals surface area contributed by atoms with Crippen molar-refractivity contribution in [2.75, 3.05) is 5.75 Å². The Balaban J connectivity index is 2.80. The van der Waals surface area contributed by atoms with Gasteiger partial charge in [0.15, 0.2) is 0 Å². The van der Waals surface area contributed by atoms with Crippen molar-refractivity contribution in [3.05, 3.63) is 17.2 Å². The molecule has 0 atom stereocenters. The highest BCUT2D eigenvalue weighted by atomic mass is 35.5. The Labute approximate surface area is 86.9 Å². The fourth-order valence-electron chi connectivity index (χ4n) is 1.12. The molecule has 0 bridgehead atoms. The van der Waals surface area contributed by atoms with Crippen LogP contribution in [0.4, 0.5) is 3.89 Å². The van der Waals surface area contributed by atoms with E-state index in [1.54, 1.807) is 4.57 Å². The predicted molar refractivity (Wildman–Crippen MR) is 51.5 cm³/mol. The van der Waals surface area contributed by atoms with Crippen molar-refractivity contribution in [1.82, 2.24) is 9.55 Å². The zero-order chi connectivity index (χ0) is 10.8. The molecule has 0 amide bonds. The maximum atomic E-state index is 12.2. The second-order valence-corrected chi connectivity index (χ2v) is 4.60. The van der Waals surface area contributed by atoms with Crippen LogP contribution in [0.3, 0.4) is 0 Å². The Morgan fingerprint density at radius 3 is 2.79 bits per heavy atom. The van der Waals surface area contributed by atoms with Crippen LogP contribution >= 0.6 is 11.6 Å². The van der Waals surface area contributed by atoms with E-state index in [0.29, 0.717) is 12.2 Å². The average molecular weight is 241 g/mol. The molecule has 1 aromatic heterocycles. The number of nitrogens with zero attached hydrogens (tertiary/aromatic N) is 2. The van der Waals surface area contributed by atoms with Gasteiger partial charge in [-0.25, -0.2) is 4.98 Å². The molecule has 0 aliphatic heterocycles. The van der Waals surface area contributed by atoms with Crippen molar-refractivity contribution in [2.24, 2.45) is 0 Å². The Hall–Kier alpha value is -0.620. The van der Waals surface area contributed by atoms with Crippen molar-refractivity contribution in [1.29, 1.82) is 0 Å². The molecule has 1 rings (SSSR count). The van der Waals surface area contributed by atoms with Gasteiger partial charge in [-0.2, -0.15) is 8.42 Å². The fourth-order valence-corrected chi connectivity index (χ4v) is 1.80. The van der Waals surface area contributed by atoms with Gasteiger partial charge >= 0.3 is 10.2 Å². The lowest BCUT2D eigenvalue weighted by Gasteiger charge is -2.03. The van der Waals surface area contributed by atoms with E-state index in [1.165, 1.54) is 6.33 Å². The van der Waals surface area contributed by atoms with Gasteiger partial charge in [0.25, 0.3) is 0 Å². The first-order valence-corrected chi connectivity index (χ1v) is 5.99. The molecule has 0 saturated heterocycles. The maximum Gasteiger partial charge on any atom is 0.302 e. The first kappa shape index (κ1) is 11.5. The summed E-state index contributed by atoms with van der Waals surface area (Å²) in [4.78, 5) is 3.80. The summed E-state index contributed by atoms with van der Waals surface area (Å²) in [5.74, 6) is -0.557. The number of aromatic nitrogens is 2. The highest BCUT2D eigenvalue weighted by molar-refractivity contribution is 7.86. The molecule has 14 heavy (non-hydrogen) atoms. The highest BCUT2D eigenvalue weighted by Gasteiger charge is 2.13. The monoisotopic (exact) mass is 240 g/mol. The second-order valence-electron chi connectivity index (χ2n) is 2.76. The molecule has 0 aliphatic carbocycles. The Bertz CT molecular complexity index is 415. The summed E-state index contributed by atoms with van der Waals surface area (Å²) >= 11 is 5.70. The van der Waals surface area contributed by atoms with Crippen molar-refractivity contribution in [3.63, 3.8) is 0 Å². The van der Waals surface area contributed by atoms with Crippen LogP contribution in [-0.4, -0.2) is 23.7 Å². The predicted octanol–water partition coefficient (Wildman–Crippen LogP) is 1.40. The average Bonchev–Trinajstić information content (AvgIpc) is 2.41. The molecule has 0 unspecified atom stereocenters. The van der Waals surface area contributed by atoms with Crippen molar-refractivity contribution in [3.8, 4) is 0 Å². The minimum Gasteiger partial charge on any atom is -0.333 e. The minimum absolute atomic E-state index is 0.0471. The molecule has 1 heterocycles. The van der Waals surface area contributed by atoms with E-state index in [2.05, 4.69) is 4.98 Å². The summed E-state index contributed by atoms with van der Waals surface area (Å²) in [6.07, 6.45) is 1.55. The zero-order valence-corrected chi connectivity index (χ0v) is 9.15. The Kier molecular flexibility index (Phi) is 3.49. The van der Waals surface area contributed by atoms with E-state index in [-0.39, 0.29) is 11.6 Å². The van der Waals surface area contributed by atoms with Crippen molar-refractivity contribution >= 4 is 21.8 Å². The second kappa shape index (κ2) is 4.27. The third kappa shape index (κ3) is 2.95. The molecule has 4 nitrogen and oxygen atoms in total. The molecule has 0 radical (unpaired) electrons. The van der Waals surface area contributed by atoms with E-state index in [4.69, 9.17) is 11.6 Å². The molecule has 0 fully saturated rings. The fraction of sp³-hybridized carbons (Fsp3) is 0.571. The normalized spacial score (nSPS) is 11.9. The number of halogens is 2. The lowest BCUT2D eigenvalue weighted by Crippen LogP contribution is -2.07. The zero-order valence-electron chi connectivity index (χ0n) is 7.57. The van der Waals surface area contributed by atoms with Gasteiger partial charge in [0, 0.05) is 13.0 Å². The standard InChI is InChI=1S/C7H10ClFN2O2S/c1-2-11-5-10-7(8)6(11)3-4-14(9,12)13/h5H,2-4H2,1H3. The molecule has 0 spiro atoms. The van der Waals surface area contributed by atoms with E-state index >= 15 is 0 Å². The van der Waals surface area contributed by atoms with Gasteiger partial charge in [0.05, 0.1) is 17.8 Å². The van der Waals surface area contributed by atoms with E-state index < -0.39 is 16.0 Å². The summed E-state index contributed by atoms with van der Waals surface area (Å²) in [5, 5.41) is 0.232. The van der Waals surface area contributed by atoms with Crippen LogP contribution in [0.1, 0.15) is 12.6 Å². The minimum atomic E-state index is -4.44. The molecular formula is C7H10ClFN2O2S. The molecule has 0 aromatic carbocycles. The summed E-state index contributed by atoms with van der Waals surface area (Å²) < 4.78 is 34.5. The number of aryl methyl sites for hydroxylation is 1. The summed E-state index contributed by atoms with van der Waals surface area (Å²) in [5.41, 5.74) is 0.551. The van der Waals surface area contributed by atoms with Crippen LogP contribution in [-0.2, 0) is 23.2 Å². The SMILES string of the molecule is CCn1cnc(Cl)c1CCS(=O)(=O)F. The Morgan fingerprint density at radius 1 is 1.64 bits per heavy atom. The molecule has 0 saturated carbocycles. The quantitative estimate of drug-likeness (QED) is 0.748. The summed E-state index contributed by atoms with van der Waals surface area (Å²) in [7, 11) is -4.44. The van der Waals surface area contributed by atoms with Gasteiger partial charge < -0.3 is 4.57 Å². The first-order chi connectivity index (χ1) is 6.44. The number of rotatable bonds is 4. The lowest BCUT2D eigenvalue weighted by molar-refractivity contribution is 0.550. The lowest BCUT2D eigenvalue weighted by atomic mass is 10.3. The van der Waals surface area contributed by atoms with Gasteiger partial charge in [0.2, 0.25) is 0 Å². The summed E-state index contributed by atoms with van der Waals surface area (Å²) in [6, 6.07) is 0. The van der Waals surface area contributed by atoms with Crippen molar-refractivity contribution < 1.29 is 12.3 Å². The topological polar surface area (TPSA) is 52.0 Å². The van der Waals surface area contributed by atoms with Gasteiger partial charge in [-0.05, 0) is 6.92 Å². The van der Waals surface area contributed by atoms with E-state index in [9.17, 15) is 12.3 Å². The third-order valence-corrected chi connectivity index (χ3v) is 2.83. The maximum absolute atomic E-state index is 12.2. The molecule has 80 valence electrons. The molecule has 0 aliphatic rings. The van der Waals surface area contributed by atoms with Crippen LogP contribution in [0.25, 0.3) is 0 Å². The highest BCUT2D eigenvalue weighted by Crippen LogP contribution is 2.15. The molecule has 0 N–H and O–H groups in total. The van der Waals surface area contributed by atoms with Crippen LogP contribution in [0, 0.1) is 0 Å². The molecule has 1 aromatic rings. The molecular weight excluding hydrogens is 231 g/mol. The smallest absolute Gasteiger partial charge is 0.302 e. The van der Waals surface area contributed by atoms with Gasteiger partial charge in [0.1, 0.15) is 5.15 Å². The van der Waals surface area contributed by atoms with Crippen LogP contribution in [0.5, 0.6) is 0 Å². The van der Waals surface area contributed by atoms with Gasteiger partial charge in [-0.3, -0.25) is 0 Å². The van der Waals surface area contributed by atoms with Gasteiger partial charge in [-0.15, -0.1) is 3.89 Å². The number of hydrogen-bond donors (Lipinski definition) is 0. The van der Waals surface area contributed by atoms with E-state index in [1.807, 2.05) is 6.92 Å². The summed E-state index contributed by atoms with van der Waals surface area (Å²) in [6.45, 7) is 2.49. The first-order valence-electron chi connectivity index (χ1n) is 4.06.